The van der Waals surface area contributed by atoms with Crippen molar-refractivity contribution >= 4 is 39.8 Å². The summed E-state index contributed by atoms with van der Waals surface area (Å²) in [6.07, 6.45) is 6.05. The molecule has 1 aromatic carbocycles. The van der Waals surface area contributed by atoms with Gasteiger partial charge in [-0.05, 0) is 50.8 Å². The van der Waals surface area contributed by atoms with Crippen LogP contribution in [0.1, 0.15) is 48.5 Å². The monoisotopic (exact) mass is 507 g/mol. The van der Waals surface area contributed by atoms with Crippen molar-refractivity contribution in [3.05, 3.63) is 47.0 Å². The minimum atomic E-state index is -0.658. The number of pyridine rings is 1. The number of nitrogen functional groups attached to an aromatic ring is 2. The highest BCUT2D eigenvalue weighted by molar-refractivity contribution is 6.29. The molecule has 4 aromatic rings. The number of nitrogens with two attached hydrogens (primary N) is 2. The Balaban J connectivity index is 1.76. The lowest BCUT2D eigenvalue weighted by Gasteiger charge is -2.23. The zero-order valence-corrected chi connectivity index (χ0v) is 20.7. The van der Waals surface area contributed by atoms with Crippen LogP contribution in [0.4, 0.5) is 11.4 Å². The van der Waals surface area contributed by atoms with Crippen molar-refractivity contribution in [2.75, 3.05) is 24.7 Å². The van der Waals surface area contributed by atoms with Gasteiger partial charge < -0.3 is 20.9 Å². The van der Waals surface area contributed by atoms with Crippen LogP contribution >= 0.6 is 11.6 Å². The number of rotatable bonds is 5. The van der Waals surface area contributed by atoms with Gasteiger partial charge in [0.25, 0.3) is 0 Å². The van der Waals surface area contributed by atoms with Gasteiger partial charge in [-0.3, -0.25) is 0 Å². The number of carbonyl (C=O) groups excluding carboxylic acids is 1. The van der Waals surface area contributed by atoms with Gasteiger partial charge >= 0.3 is 5.97 Å². The fourth-order valence-electron chi connectivity index (χ4n) is 4.46. The average Bonchev–Trinajstić information content (AvgIpc) is 3.31. The molecule has 0 saturated carbocycles. The number of nitrogens with zero attached hydrogens (tertiary/aromatic N) is 5. The molecule has 1 atom stereocenters. The largest absolute Gasteiger partial charge is 0.461 e. The predicted octanol–water partition coefficient (Wildman–Crippen LogP) is 4.56. The van der Waals surface area contributed by atoms with Crippen LogP contribution in [0.15, 0.2) is 30.6 Å². The summed E-state index contributed by atoms with van der Waals surface area (Å²) in [6.45, 7) is 4.53. The van der Waals surface area contributed by atoms with Crippen molar-refractivity contribution in [1.29, 1.82) is 0 Å². The minimum absolute atomic E-state index is 0.0522. The number of benzene rings is 1. The van der Waals surface area contributed by atoms with Crippen LogP contribution in [-0.2, 0) is 9.47 Å². The van der Waals surface area contributed by atoms with E-state index < -0.39 is 5.97 Å². The summed E-state index contributed by atoms with van der Waals surface area (Å²) in [5, 5.41) is 5.68. The molecule has 1 aliphatic rings. The van der Waals surface area contributed by atoms with Gasteiger partial charge in [0.1, 0.15) is 5.15 Å². The first-order chi connectivity index (χ1) is 17.4. The number of esters is 1. The molecule has 1 unspecified atom stereocenters. The second-order valence-corrected chi connectivity index (χ2v) is 8.96. The first-order valence-corrected chi connectivity index (χ1v) is 12.1. The SMILES string of the molecule is CCOC(=O)c1nc(-c2cc(Cl)ncc2N)nc(-c2c(C)ccc3c2cnn3C2CCCCO2)c1N. The van der Waals surface area contributed by atoms with Crippen molar-refractivity contribution in [3.63, 3.8) is 0 Å². The van der Waals surface area contributed by atoms with Crippen LogP contribution in [0.3, 0.4) is 0 Å². The maximum atomic E-state index is 12.8. The fourth-order valence-corrected chi connectivity index (χ4v) is 4.62. The molecule has 1 aliphatic heterocycles. The molecule has 0 amide bonds. The van der Waals surface area contributed by atoms with Crippen molar-refractivity contribution in [2.45, 2.75) is 39.3 Å². The summed E-state index contributed by atoms with van der Waals surface area (Å²) in [5.74, 6) is -0.474. The molecule has 5 rings (SSSR count). The van der Waals surface area contributed by atoms with Crippen molar-refractivity contribution < 1.29 is 14.3 Å². The molecular formula is C25H26ClN7O3. The van der Waals surface area contributed by atoms with Gasteiger partial charge in [0.15, 0.2) is 17.7 Å². The molecule has 36 heavy (non-hydrogen) atoms. The van der Waals surface area contributed by atoms with Crippen LogP contribution in [-0.4, -0.2) is 43.9 Å². The lowest BCUT2D eigenvalue weighted by Crippen LogP contribution is -2.19. The number of anilines is 2. The van der Waals surface area contributed by atoms with E-state index in [9.17, 15) is 4.79 Å². The van der Waals surface area contributed by atoms with Crippen LogP contribution in [0.25, 0.3) is 33.5 Å². The summed E-state index contributed by atoms with van der Waals surface area (Å²) in [5.41, 5.74) is 16.4. The summed E-state index contributed by atoms with van der Waals surface area (Å²) < 4.78 is 13.1. The Bertz CT molecular complexity index is 1460. The second kappa shape index (κ2) is 9.71. The fraction of sp³-hybridized carbons (Fsp3) is 0.320. The zero-order chi connectivity index (χ0) is 25.4. The van der Waals surface area contributed by atoms with Crippen LogP contribution < -0.4 is 11.5 Å². The number of carbonyl (C=O) groups is 1. The lowest BCUT2D eigenvalue weighted by atomic mass is 9.98. The Morgan fingerprint density at radius 3 is 2.83 bits per heavy atom. The molecule has 11 heteroatoms. The summed E-state index contributed by atoms with van der Waals surface area (Å²) in [7, 11) is 0. The van der Waals surface area contributed by atoms with Gasteiger partial charge in [-0.25, -0.2) is 24.4 Å². The highest BCUT2D eigenvalue weighted by Crippen LogP contribution is 2.38. The third-order valence-electron chi connectivity index (χ3n) is 6.21. The van der Waals surface area contributed by atoms with Gasteiger partial charge in [0.2, 0.25) is 0 Å². The van der Waals surface area contributed by atoms with Gasteiger partial charge in [0, 0.05) is 23.1 Å². The molecular weight excluding hydrogens is 482 g/mol. The Kier molecular flexibility index (Phi) is 6.46. The number of fused-ring (bicyclic) bond motifs is 1. The second-order valence-electron chi connectivity index (χ2n) is 8.57. The van der Waals surface area contributed by atoms with E-state index in [-0.39, 0.29) is 35.2 Å². The van der Waals surface area contributed by atoms with E-state index in [1.807, 2.05) is 23.7 Å². The quantitative estimate of drug-likeness (QED) is 0.293. The molecule has 0 radical (unpaired) electrons. The lowest BCUT2D eigenvalue weighted by molar-refractivity contribution is -0.0366. The predicted molar refractivity (Wildman–Crippen MR) is 137 cm³/mol. The van der Waals surface area contributed by atoms with Crippen LogP contribution in [0, 0.1) is 6.92 Å². The van der Waals surface area contributed by atoms with E-state index in [1.165, 1.54) is 6.20 Å². The Morgan fingerprint density at radius 2 is 2.08 bits per heavy atom. The van der Waals surface area contributed by atoms with Crippen molar-refractivity contribution in [1.82, 2.24) is 24.7 Å². The standard InChI is InChI=1S/C25H26ClN7O3/c1-3-35-25(34)23-21(28)22(31-24(32-23)14-10-18(26)29-12-16(14)27)20-13(2)7-8-17-15(20)11-30-33(17)19-6-4-5-9-36-19/h7-8,10-12,19H,3-6,9,27-28H2,1-2H3. The Hall–Kier alpha value is -3.76. The summed E-state index contributed by atoms with van der Waals surface area (Å²) in [4.78, 5) is 26.0. The minimum Gasteiger partial charge on any atom is -0.461 e. The van der Waals surface area contributed by atoms with Gasteiger partial charge in [-0.1, -0.05) is 17.7 Å². The molecule has 0 spiro atoms. The normalized spacial score (nSPS) is 15.8. The number of aromatic nitrogens is 5. The molecule has 4 N–H and O–H groups in total. The van der Waals surface area contributed by atoms with Crippen molar-refractivity contribution in [2.24, 2.45) is 0 Å². The van der Waals surface area contributed by atoms with E-state index in [1.54, 1.807) is 19.2 Å². The third kappa shape index (κ3) is 4.22. The number of hydrogen-bond donors (Lipinski definition) is 2. The number of ether oxygens (including phenoxy) is 2. The summed E-state index contributed by atoms with van der Waals surface area (Å²) in [6, 6.07) is 5.53. The van der Waals surface area contributed by atoms with E-state index >= 15 is 0 Å². The van der Waals surface area contributed by atoms with Crippen molar-refractivity contribution in [3.8, 4) is 22.6 Å². The van der Waals surface area contributed by atoms with Crippen LogP contribution in [0.2, 0.25) is 5.15 Å². The number of aryl methyl sites for hydroxylation is 1. The van der Waals surface area contributed by atoms with Gasteiger partial charge in [0.05, 0.1) is 41.6 Å². The smallest absolute Gasteiger partial charge is 0.359 e. The van der Waals surface area contributed by atoms with E-state index in [4.69, 9.17) is 37.5 Å². The van der Waals surface area contributed by atoms with Crippen LogP contribution in [0.5, 0.6) is 0 Å². The molecule has 1 fully saturated rings. The molecule has 4 heterocycles. The number of hydrogen-bond acceptors (Lipinski definition) is 9. The maximum absolute atomic E-state index is 12.8. The Morgan fingerprint density at radius 1 is 1.25 bits per heavy atom. The molecule has 186 valence electrons. The van der Waals surface area contributed by atoms with Gasteiger partial charge in [-0.15, -0.1) is 0 Å². The van der Waals surface area contributed by atoms with E-state index in [0.29, 0.717) is 23.6 Å². The molecule has 10 nitrogen and oxygen atoms in total. The summed E-state index contributed by atoms with van der Waals surface area (Å²) >= 11 is 6.13. The molecule has 3 aromatic heterocycles. The first-order valence-electron chi connectivity index (χ1n) is 11.7. The number of halogens is 1. The highest BCUT2D eigenvalue weighted by Gasteiger charge is 2.26. The molecule has 1 saturated heterocycles. The molecule has 0 aliphatic carbocycles. The first kappa shape index (κ1) is 24.0. The average molecular weight is 508 g/mol. The topological polar surface area (TPSA) is 144 Å². The molecule has 0 bridgehead atoms. The maximum Gasteiger partial charge on any atom is 0.359 e. The highest BCUT2D eigenvalue weighted by atomic mass is 35.5. The van der Waals surface area contributed by atoms with E-state index in [2.05, 4.69) is 15.1 Å². The van der Waals surface area contributed by atoms with Gasteiger partial charge in [-0.2, -0.15) is 5.10 Å². The third-order valence-corrected chi connectivity index (χ3v) is 6.42. The zero-order valence-electron chi connectivity index (χ0n) is 20.0. The van der Waals surface area contributed by atoms with E-state index in [0.717, 1.165) is 41.3 Å². The Labute approximate surface area is 212 Å².